The molecule has 0 unspecified atom stereocenters. The topological polar surface area (TPSA) is 147 Å². The van der Waals surface area contributed by atoms with E-state index in [0.29, 0.717) is 31.2 Å². The van der Waals surface area contributed by atoms with Crippen molar-refractivity contribution in [3.05, 3.63) is 18.0 Å². The van der Waals surface area contributed by atoms with Crippen molar-refractivity contribution in [3.8, 4) is 11.8 Å². The van der Waals surface area contributed by atoms with Gasteiger partial charge in [0.2, 0.25) is 20.9 Å². The number of ketones is 1. The van der Waals surface area contributed by atoms with Crippen molar-refractivity contribution in [1.82, 2.24) is 20.2 Å². The van der Waals surface area contributed by atoms with Crippen LogP contribution in [0.2, 0.25) is 0 Å². The van der Waals surface area contributed by atoms with Crippen LogP contribution in [0.25, 0.3) is 0 Å². The lowest BCUT2D eigenvalue weighted by Crippen LogP contribution is -2.44. The third-order valence-electron chi connectivity index (χ3n) is 5.71. The molecule has 0 aromatic carbocycles. The largest absolute Gasteiger partial charge is 0.480 e. The van der Waals surface area contributed by atoms with Gasteiger partial charge in [-0.3, -0.25) is 9.59 Å². The van der Waals surface area contributed by atoms with Crippen molar-refractivity contribution in [3.63, 3.8) is 0 Å². The average Bonchev–Trinajstić information content (AvgIpc) is 2.84. The average molecular weight is 537 g/mol. The molecule has 2 atom stereocenters. The van der Waals surface area contributed by atoms with Gasteiger partial charge in [-0.25, -0.2) is 23.2 Å². The zero-order valence-electron chi connectivity index (χ0n) is 22.3. The van der Waals surface area contributed by atoms with E-state index in [4.69, 9.17) is 0 Å². The fraction of sp³-hybridized carbons (Fsp3) is 0.654. The first kappa shape index (κ1) is 32.2. The van der Waals surface area contributed by atoms with Crippen molar-refractivity contribution in [2.24, 2.45) is 5.92 Å². The van der Waals surface area contributed by atoms with E-state index in [1.165, 1.54) is 19.3 Å². The Morgan fingerprint density at radius 2 is 1.68 bits per heavy atom. The summed E-state index contributed by atoms with van der Waals surface area (Å²) in [4.78, 5) is 46.4. The fourth-order valence-corrected chi connectivity index (χ4v) is 4.14. The zero-order chi connectivity index (χ0) is 27.8. The van der Waals surface area contributed by atoms with E-state index in [9.17, 15) is 27.9 Å². The first-order valence-electron chi connectivity index (χ1n) is 12.8. The summed E-state index contributed by atoms with van der Waals surface area (Å²) in [5.41, 5.74) is 0.453. The number of carboxylic acid groups (broad SMARTS) is 1. The summed E-state index contributed by atoms with van der Waals surface area (Å²) in [7, 11) is -3.47. The maximum absolute atomic E-state index is 12.5. The summed E-state index contributed by atoms with van der Waals surface area (Å²) < 4.78 is 22.7. The molecule has 0 bridgehead atoms. The predicted molar refractivity (Wildman–Crippen MR) is 140 cm³/mol. The number of unbranched alkanes of at least 4 members (excludes halogenated alkanes) is 2. The molecule has 1 aromatic heterocycles. The van der Waals surface area contributed by atoms with Crippen molar-refractivity contribution in [2.45, 2.75) is 83.3 Å². The molecular weight excluding hydrogens is 496 g/mol. The van der Waals surface area contributed by atoms with Gasteiger partial charge in [0.25, 0.3) is 0 Å². The van der Waals surface area contributed by atoms with E-state index in [1.807, 2.05) is 0 Å². The van der Waals surface area contributed by atoms with Crippen LogP contribution in [0.15, 0.2) is 17.6 Å². The summed E-state index contributed by atoms with van der Waals surface area (Å²) in [5, 5.41) is 11.7. The molecular formula is C26H40N4O6S. The monoisotopic (exact) mass is 536 g/mol. The van der Waals surface area contributed by atoms with Crippen LogP contribution in [0.1, 0.15) is 77.7 Å². The summed E-state index contributed by atoms with van der Waals surface area (Å²) in [6.07, 6.45) is 8.59. The van der Waals surface area contributed by atoms with Crippen molar-refractivity contribution in [1.29, 1.82) is 0 Å². The number of carboxylic acids is 1. The minimum absolute atomic E-state index is 0.134. The minimum atomic E-state index is -3.47. The second-order valence-electron chi connectivity index (χ2n) is 9.11. The molecule has 37 heavy (non-hydrogen) atoms. The number of aromatic nitrogens is 2. The van der Waals surface area contributed by atoms with Crippen LogP contribution in [0.3, 0.4) is 0 Å². The van der Waals surface area contributed by atoms with Gasteiger partial charge in [-0.05, 0) is 65.1 Å². The number of nitrogens with one attached hydrogen (secondary N) is 1. The Bertz CT molecular complexity index is 1040. The Kier molecular flexibility index (Phi) is 14.6. The number of aliphatic carboxylic acids is 1. The third-order valence-corrected chi connectivity index (χ3v) is 6.58. The standard InChI is InChI=1S/C26H40N4O6S/c1-5-15-30(16-6-2)17-11-10-13-22(25(33)34)29-24(32)20(3)23(31)14-9-7-8-12-21-18-27-26(28-19-21)37(4,35)36/h18-20,22H,5-7,9-11,13-17H2,1-4H3,(H,29,32)(H,33,34)/t20-,22+/m1/s1. The van der Waals surface area contributed by atoms with Gasteiger partial charge < -0.3 is 15.3 Å². The van der Waals surface area contributed by atoms with Crippen LogP contribution in [-0.2, 0) is 24.2 Å². The number of hydrogen-bond acceptors (Lipinski definition) is 8. The maximum Gasteiger partial charge on any atom is 0.326 e. The molecule has 0 radical (unpaired) electrons. The van der Waals surface area contributed by atoms with Gasteiger partial charge in [0.15, 0.2) is 0 Å². The van der Waals surface area contributed by atoms with Crippen molar-refractivity contribution in [2.75, 3.05) is 25.9 Å². The lowest BCUT2D eigenvalue weighted by molar-refractivity contribution is -0.144. The minimum Gasteiger partial charge on any atom is -0.480 e. The first-order valence-corrected chi connectivity index (χ1v) is 14.7. The highest BCUT2D eigenvalue weighted by Gasteiger charge is 2.26. The second-order valence-corrected chi connectivity index (χ2v) is 11.0. The quantitative estimate of drug-likeness (QED) is 0.133. The number of carbonyl (C=O) groups excluding carboxylic acids is 2. The van der Waals surface area contributed by atoms with Gasteiger partial charge >= 0.3 is 5.97 Å². The lowest BCUT2D eigenvalue weighted by atomic mass is 9.99. The van der Waals surface area contributed by atoms with Gasteiger partial charge in [-0.15, -0.1) is 0 Å². The Hall–Kier alpha value is -2.84. The number of amides is 1. The lowest BCUT2D eigenvalue weighted by Gasteiger charge is -2.21. The Morgan fingerprint density at radius 3 is 2.22 bits per heavy atom. The summed E-state index contributed by atoms with van der Waals surface area (Å²) >= 11 is 0. The molecule has 1 heterocycles. The van der Waals surface area contributed by atoms with Crippen LogP contribution >= 0.6 is 0 Å². The van der Waals surface area contributed by atoms with Gasteiger partial charge in [0, 0.05) is 31.5 Å². The molecule has 11 heteroatoms. The highest BCUT2D eigenvalue weighted by Crippen LogP contribution is 2.09. The number of hydrogen-bond donors (Lipinski definition) is 2. The Labute approximate surface area is 220 Å². The summed E-state index contributed by atoms with van der Waals surface area (Å²) in [5.74, 6) is 2.77. The molecule has 0 aliphatic heterocycles. The first-order chi connectivity index (χ1) is 17.5. The van der Waals surface area contributed by atoms with E-state index in [-0.39, 0.29) is 17.4 Å². The molecule has 206 valence electrons. The normalized spacial score (nSPS) is 12.9. The zero-order valence-corrected chi connectivity index (χ0v) is 23.1. The van der Waals surface area contributed by atoms with Gasteiger partial charge in [0.05, 0.1) is 11.5 Å². The third kappa shape index (κ3) is 12.8. The van der Waals surface area contributed by atoms with Crippen LogP contribution in [0.4, 0.5) is 0 Å². The second kappa shape index (κ2) is 16.8. The van der Waals surface area contributed by atoms with Crippen LogP contribution in [0, 0.1) is 17.8 Å². The van der Waals surface area contributed by atoms with Gasteiger partial charge in [-0.2, -0.15) is 0 Å². The van der Waals surface area contributed by atoms with E-state index in [0.717, 1.165) is 45.2 Å². The molecule has 0 aliphatic carbocycles. The molecule has 0 aliphatic rings. The Morgan fingerprint density at radius 1 is 1.05 bits per heavy atom. The molecule has 2 N–H and O–H groups in total. The molecule has 0 spiro atoms. The highest BCUT2D eigenvalue weighted by atomic mass is 32.2. The van der Waals surface area contributed by atoms with Crippen LogP contribution in [0.5, 0.6) is 0 Å². The molecule has 10 nitrogen and oxygen atoms in total. The van der Waals surface area contributed by atoms with Crippen molar-refractivity contribution >= 4 is 27.5 Å². The molecule has 1 rings (SSSR count). The van der Waals surface area contributed by atoms with Gasteiger partial charge in [-0.1, -0.05) is 25.7 Å². The van der Waals surface area contributed by atoms with E-state index in [1.54, 1.807) is 0 Å². The number of carbonyl (C=O) groups is 3. The Balaban J connectivity index is 2.45. The number of Topliss-reactive ketones (excluding diaryl/α,β-unsaturated/α-hetero) is 1. The van der Waals surface area contributed by atoms with E-state index < -0.39 is 33.7 Å². The number of rotatable bonds is 17. The fourth-order valence-electron chi connectivity index (χ4n) is 3.66. The SMILES string of the molecule is CCCN(CCC)CCCC[C@H](NC(=O)[C@H](C)C(=O)CCCC#Cc1cnc(S(C)(=O)=O)nc1)C(=O)O. The van der Waals surface area contributed by atoms with E-state index in [2.05, 4.69) is 45.9 Å². The molecule has 1 amide bonds. The smallest absolute Gasteiger partial charge is 0.326 e. The predicted octanol–water partition coefficient (Wildman–Crippen LogP) is 2.47. The molecule has 0 saturated carbocycles. The van der Waals surface area contributed by atoms with Crippen LogP contribution < -0.4 is 5.32 Å². The maximum atomic E-state index is 12.5. The molecule has 0 fully saturated rings. The number of nitrogens with zero attached hydrogens (tertiary/aromatic N) is 3. The van der Waals surface area contributed by atoms with E-state index >= 15 is 0 Å². The summed E-state index contributed by atoms with van der Waals surface area (Å²) in [6, 6.07) is -1.02. The summed E-state index contributed by atoms with van der Waals surface area (Å²) in [6.45, 7) is 8.69. The highest BCUT2D eigenvalue weighted by molar-refractivity contribution is 7.90. The molecule has 0 saturated heterocycles. The van der Waals surface area contributed by atoms with Crippen LogP contribution in [-0.4, -0.2) is 78.0 Å². The number of sulfone groups is 1. The van der Waals surface area contributed by atoms with Crippen molar-refractivity contribution < 1.29 is 27.9 Å². The molecule has 1 aromatic rings. The van der Waals surface area contributed by atoms with Gasteiger partial charge in [0.1, 0.15) is 11.8 Å².